The van der Waals surface area contributed by atoms with Crippen LogP contribution in [0.1, 0.15) is 15.9 Å². The molecule has 0 aliphatic heterocycles. The van der Waals surface area contributed by atoms with Gasteiger partial charge in [0.05, 0.1) is 18.9 Å². The normalized spacial score (nSPS) is 10.2. The highest BCUT2D eigenvalue weighted by Gasteiger charge is 2.14. The first-order chi connectivity index (χ1) is 9.11. The summed E-state index contributed by atoms with van der Waals surface area (Å²) in [6, 6.07) is 3.61. The maximum atomic E-state index is 11.7. The molecule has 0 spiro atoms. The van der Waals surface area contributed by atoms with Crippen molar-refractivity contribution in [2.24, 2.45) is 0 Å². The fourth-order valence-electron chi connectivity index (χ4n) is 1.56. The van der Waals surface area contributed by atoms with E-state index in [2.05, 4.69) is 9.97 Å². The van der Waals surface area contributed by atoms with Gasteiger partial charge in [-0.3, -0.25) is 4.98 Å². The van der Waals surface area contributed by atoms with Crippen molar-refractivity contribution < 1.29 is 9.53 Å². The van der Waals surface area contributed by atoms with E-state index in [4.69, 9.17) is 10.5 Å². The fourth-order valence-corrected chi connectivity index (χ4v) is 2.44. The minimum Gasteiger partial charge on any atom is -0.465 e. The molecule has 2 N–H and O–H groups in total. The number of nitrogen functional groups attached to an aromatic ring is 1. The molecule has 2 aromatic rings. The third-order valence-corrected chi connectivity index (χ3v) is 3.42. The summed E-state index contributed by atoms with van der Waals surface area (Å²) in [5, 5.41) is 0.752. The van der Waals surface area contributed by atoms with E-state index in [1.807, 2.05) is 13.0 Å². The zero-order chi connectivity index (χ0) is 13.8. The molecule has 5 nitrogen and oxygen atoms in total. The molecule has 98 valence electrons. The number of rotatable bonds is 3. The highest BCUT2D eigenvalue weighted by Crippen LogP contribution is 2.30. The predicted octanol–water partition coefficient (Wildman–Crippen LogP) is 2.31. The van der Waals surface area contributed by atoms with Crippen LogP contribution in [-0.4, -0.2) is 23.0 Å². The van der Waals surface area contributed by atoms with Gasteiger partial charge in [0.1, 0.15) is 5.03 Å². The van der Waals surface area contributed by atoms with Crippen LogP contribution >= 0.6 is 11.8 Å². The summed E-state index contributed by atoms with van der Waals surface area (Å²) in [6.07, 6.45) is 4.89. The van der Waals surface area contributed by atoms with Crippen LogP contribution < -0.4 is 5.73 Å². The molecule has 0 amide bonds. The number of ether oxygens (including phenoxy) is 1. The first-order valence-corrected chi connectivity index (χ1v) is 6.35. The number of nitrogens with two attached hydrogens (primary N) is 1. The molecule has 0 bridgehead atoms. The van der Waals surface area contributed by atoms with Gasteiger partial charge >= 0.3 is 5.97 Å². The average Bonchev–Trinajstić information content (AvgIpc) is 2.43. The van der Waals surface area contributed by atoms with Crippen LogP contribution in [0.2, 0.25) is 0 Å². The summed E-state index contributed by atoms with van der Waals surface area (Å²) in [6.45, 7) is 1.85. The second kappa shape index (κ2) is 5.71. The van der Waals surface area contributed by atoms with Gasteiger partial charge in [-0.1, -0.05) is 11.8 Å². The number of hydrogen-bond acceptors (Lipinski definition) is 6. The molecule has 1 aromatic heterocycles. The number of anilines is 1. The molecule has 0 saturated carbocycles. The van der Waals surface area contributed by atoms with E-state index in [1.54, 1.807) is 24.7 Å². The van der Waals surface area contributed by atoms with Gasteiger partial charge in [0.25, 0.3) is 0 Å². The van der Waals surface area contributed by atoms with Crippen molar-refractivity contribution in [2.75, 3.05) is 12.8 Å². The van der Waals surface area contributed by atoms with E-state index < -0.39 is 5.97 Å². The summed E-state index contributed by atoms with van der Waals surface area (Å²) < 4.78 is 4.72. The SMILES string of the molecule is COC(=O)c1cc(Sc2cnccn2)cc(C)c1N. The van der Waals surface area contributed by atoms with Gasteiger partial charge in [0.15, 0.2) is 0 Å². The van der Waals surface area contributed by atoms with Crippen molar-refractivity contribution in [2.45, 2.75) is 16.8 Å². The highest BCUT2D eigenvalue weighted by atomic mass is 32.2. The van der Waals surface area contributed by atoms with Crippen LogP contribution in [-0.2, 0) is 4.74 Å². The second-order valence-electron chi connectivity index (χ2n) is 3.84. The summed E-state index contributed by atoms with van der Waals surface area (Å²) >= 11 is 1.42. The quantitative estimate of drug-likeness (QED) is 0.684. The molecule has 6 heteroatoms. The Bertz CT molecular complexity index is 602. The first kappa shape index (κ1) is 13.4. The molecule has 0 saturated heterocycles. The smallest absolute Gasteiger partial charge is 0.340 e. The van der Waals surface area contributed by atoms with Crippen LogP contribution in [0.4, 0.5) is 5.69 Å². The zero-order valence-electron chi connectivity index (χ0n) is 10.6. The van der Waals surface area contributed by atoms with Crippen LogP contribution in [0.3, 0.4) is 0 Å². The molecular weight excluding hydrogens is 262 g/mol. The monoisotopic (exact) mass is 275 g/mol. The van der Waals surface area contributed by atoms with Gasteiger partial charge in [-0.15, -0.1) is 0 Å². The fraction of sp³-hybridized carbons (Fsp3) is 0.154. The summed E-state index contributed by atoms with van der Waals surface area (Å²) in [5.74, 6) is -0.442. The van der Waals surface area contributed by atoms with E-state index in [1.165, 1.54) is 18.9 Å². The molecule has 2 rings (SSSR count). The lowest BCUT2D eigenvalue weighted by molar-refractivity contribution is 0.0601. The van der Waals surface area contributed by atoms with Crippen LogP contribution in [0.5, 0.6) is 0 Å². The summed E-state index contributed by atoms with van der Waals surface area (Å²) in [5.41, 5.74) is 7.52. The van der Waals surface area contributed by atoms with Gasteiger partial charge in [0, 0.05) is 23.0 Å². The largest absolute Gasteiger partial charge is 0.465 e. The maximum Gasteiger partial charge on any atom is 0.340 e. The lowest BCUT2D eigenvalue weighted by Crippen LogP contribution is -2.07. The van der Waals surface area contributed by atoms with Crippen LogP contribution in [0.15, 0.2) is 40.6 Å². The predicted molar refractivity (Wildman–Crippen MR) is 73.1 cm³/mol. The van der Waals surface area contributed by atoms with Gasteiger partial charge in [0.2, 0.25) is 0 Å². The highest BCUT2D eigenvalue weighted by molar-refractivity contribution is 7.99. The Morgan fingerprint density at radius 3 is 2.79 bits per heavy atom. The Hall–Kier alpha value is -2.08. The number of methoxy groups -OCH3 is 1. The lowest BCUT2D eigenvalue weighted by atomic mass is 10.1. The van der Waals surface area contributed by atoms with Crippen LogP contribution in [0.25, 0.3) is 0 Å². The summed E-state index contributed by atoms with van der Waals surface area (Å²) in [7, 11) is 1.33. The van der Waals surface area contributed by atoms with Gasteiger partial charge in [-0.05, 0) is 24.6 Å². The number of esters is 1. The topological polar surface area (TPSA) is 78.1 Å². The maximum absolute atomic E-state index is 11.7. The number of aryl methyl sites for hydroxylation is 1. The van der Waals surface area contributed by atoms with Gasteiger partial charge in [-0.25, -0.2) is 9.78 Å². The standard InChI is InChI=1S/C13H13N3O2S/c1-8-5-9(19-11-7-15-3-4-16-11)6-10(12(8)14)13(17)18-2/h3-7H,14H2,1-2H3. The van der Waals surface area contributed by atoms with Crippen molar-refractivity contribution in [3.05, 3.63) is 41.9 Å². The van der Waals surface area contributed by atoms with E-state index in [-0.39, 0.29) is 0 Å². The molecule has 0 atom stereocenters. The Labute approximate surface area is 115 Å². The average molecular weight is 275 g/mol. The van der Waals surface area contributed by atoms with E-state index >= 15 is 0 Å². The van der Waals surface area contributed by atoms with Crippen molar-refractivity contribution >= 4 is 23.4 Å². The molecule has 1 aromatic carbocycles. The molecule has 0 radical (unpaired) electrons. The number of carbonyl (C=O) groups excluding carboxylic acids is 1. The Morgan fingerprint density at radius 1 is 1.37 bits per heavy atom. The molecule has 1 heterocycles. The Kier molecular flexibility index (Phi) is 4.01. The van der Waals surface area contributed by atoms with Crippen molar-refractivity contribution in [1.82, 2.24) is 9.97 Å². The number of aromatic nitrogens is 2. The minimum absolute atomic E-state index is 0.369. The lowest BCUT2D eigenvalue weighted by Gasteiger charge is -2.09. The number of nitrogens with zero attached hydrogens (tertiary/aromatic N) is 2. The van der Waals surface area contributed by atoms with Gasteiger partial charge < -0.3 is 10.5 Å². The van der Waals surface area contributed by atoms with E-state index in [0.717, 1.165) is 15.5 Å². The van der Waals surface area contributed by atoms with E-state index in [0.29, 0.717) is 11.3 Å². The number of hydrogen-bond donors (Lipinski definition) is 1. The molecule has 0 aliphatic carbocycles. The molecule has 19 heavy (non-hydrogen) atoms. The minimum atomic E-state index is -0.442. The Morgan fingerprint density at radius 2 is 2.16 bits per heavy atom. The van der Waals surface area contributed by atoms with Gasteiger partial charge in [-0.2, -0.15) is 0 Å². The van der Waals surface area contributed by atoms with Crippen LogP contribution in [0, 0.1) is 6.92 Å². The third-order valence-electron chi connectivity index (χ3n) is 2.53. The number of benzene rings is 1. The molecule has 0 fully saturated rings. The summed E-state index contributed by atoms with van der Waals surface area (Å²) in [4.78, 5) is 20.7. The van der Waals surface area contributed by atoms with Crippen molar-refractivity contribution in [3.8, 4) is 0 Å². The second-order valence-corrected chi connectivity index (χ2v) is 4.93. The molecule has 0 unspecified atom stereocenters. The number of carbonyl (C=O) groups is 1. The van der Waals surface area contributed by atoms with Crippen molar-refractivity contribution in [3.63, 3.8) is 0 Å². The first-order valence-electron chi connectivity index (χ1n) is 5.54. The zero-order valence-corrected chi connectivity index (χ0v) is 11.4. The Balaban J connectivity index is 2.37. The van der Waals surface area contributed by atoms with E-state index in [9.17, 15) is 4.79 Å². The molecule has 0 aliphatic rings. The molecular formula is C13H13N3O2S. The van der Waals surface area contributed by atoms with Crippen molar-refractivity contribution in [1.29, 1.82) is 0 Å². The third kappa shape index (κ3) is 3.03.